The molecule has 0 aliphatic heterocycles. The van der Waals surface area contributed by atoms with Crippen LogP contribution in [0.3, 0.4) is 0 Å². The van der Waals surface area contributed by atoms with Gasteiger partial charge in [-0.15, -0.1) is 23.2 Å². The molecule has 86 valence electrons. The van der Waals surface area contributed by atoms with E-state index in [2.05, 4.69) is 0 Å². The fraction of sp³-hybridized carbons (Fsp3) is 0.600. The van der Waals surface area contributed by atoms with Crippen molar-refractivity contribution in [2.24, 2.45) is 0 Å². The Labute approximate surface area is 105 Å². The van der Waals surface area contributed by atoms with E-state index in [1.807, 2.05) is 18.2 Å². The molecule has 5 heteroatoms. The van der Waals surface area contributed by atoms with E-state index in [0.29, 0.717) is 25.0 Å². The van der Waals surface area contributed by atoms with Crippen LogP contribution in [0.5, 0.6) is 0 Å². The highest BCUT2D eigenvalue weighted by Gasteiger charge is 2.35. The maximum atomic E-state index is 6.27. The monoisotopic (exact) mass is 270 g/mol. The number of alkyl halides is 3. The zero-order valence-corrected chi connectivity index (χ0v) is 10.4. The molecule has 2 nitrogen and oxygen atoms in total. The summed E-state index contributed by atoms with van der Waals surface area (Å²) in [5.41, 5.74) is 0. The minimum atomic E-state index is -0.963. The predicted octanol–water partition coefficient (Wildman–Crippen LogP) is 2.93. The first-order valence-corrected chi connectivity index (χ1v) is 6.10. The van der Waals surface area contributed by atoms with Crippen LogP contribution in [0.1, 0.15) is 0 Å². The molecule has 2 unspecified atom stereocenters. The molecule has 0 aromatic rings. The summed E-state index contributed by atoms with van der Waals surface area (Å²) >= 11 is 17.4. The summed E-state index contributed by atoms with van der Waals surface area (Å²) in [5, 5.41) is -0.963. The lowest BCUT2D eigenvalue weighted by Crippen LogP contribution is -2.40. The topological polar surface area (TPSA) is 18.5 Å². The second-order valence-electron chi connectivity index (χ2n) is 2.96. The number of rotatable bonds is 6. The molecule has 1 aliphatic rings. The molecule has 0 amide bonds. The zero-order chi connectivity index (χ0) is 11.1. The Morgan fingerprint density at radius 1 is 1.13 bits per heavy atom. The van der Waals surface area contributed by atoms with Gasteiger partial charge in [-0.05, 0) is 6.08 Å². The Hall–Kier alpha value is 0.270. The van der Waals surface area contributed by atoms with Gasteiger partial charge in [0.25, 0.3) is 0 Å². The Balaban J connectivity index is 2.57. The van der Waals surface area contributed by atoms with E-state index < -0.39 is 5.06 Å². The molecule has 0 aromatic heterocycles. The van der Waals surface area contributed by atoms with Crippen molar-refractivity contribution in [3.8, 4) is 0 Å². The second kappa shape index (κ2) is 6.77. The number of halogens is 3. The summed E-state index contributed by atoms with van der Waals surface area (Å²) < 4.78 is 10.9. The first-order valence-electron chi connectivity index (χ1n) is 4.65. The normalized spacial score (nSPS) is 29.7. The van der Waals surface area contributed by atoms with Gasteiger partial charge in [-0.3, -0.25) is 0 Å². The minimum absolute atomic E-state index is 0.328. The Bertz CT molecular complexity index is 243. The van der Waals surface area contributed by atoms with Gasteiger partial charge in [0.05, 0.1) is 13.2 Å². The van der Waals surface area contributed by atoms with Crippen LogP contribution in [0.4, 0.5) is 0 Å². The molecule has 0 aromatic carbocycles. The summed E-state index contributed by atoms with van der Waals surface area (Å²) in [6.07, 6.45) is 6.95. The van der Waals surface area contributed by atoms with Crippen molar-refractivity contribution in [1.82, 2.24) is 0 Å². The highest BCUT2D eigenvalue weighted by molar-refractivity contribution is 6.25. The van der Waals surface area contributed by atoms with Crippen LogP contribution in [0.15, 0.2) is 24.3 Å². The van der Waals surface area contributed by atoms with Crippen molar-refractivity contribution in [3.05, 3.63) is 24.3 Å². The van der Waals surface area contributed by atoms with Crippen molar-refractivity contribution >= 4 is 34.8 Å². The quantitative estimate of drug-likeness (QED) is 0.692. The minimum Gasteiger partial charge on any atom is -0.368 e. The van der Waals surface area contributed by atoms with Gasteiger partial charge in [-0.25, -0.2) is 0 Å². The largest absolute Gasteiger partial charge is 0.368 e. The van der Waals surface area contributed by atoms with Crippen molar-refractivity contribution < 1.29 is 9.47 Å². The smallest absolute Gasteiger partial charge is 0.190 e. The fourth-order valence-electron chi connectivity index (χ4n) is 1.24. The summed E-state index contributed by atoms with van der Waals surface area (Å²) in [6.45, 7) is 0.813. The van der Waals surface area contributed by atoms with Crippen LogP contribution in [-0.4, -0.2) is 36.1 Å². The lowest BCUT2D eigenvalue weighted by molar-refractivity contribution is -0.0458. The highest BCUT2D eigenvalue weighted by atomic mass is 35.5. The Kier molecular flexibility index (Phi) is 6.02. The molecule has 2 atom stereocenters. The maximum absolute atomic E-state index is 6.27. The predicted molar refractivity (Wildman–Crippen MR) is 64.0 cm³/mol. The lowest BCUT2D eigenvalue weighted by Gasteiger charge is -2.32. The third-order valence-corrected chi connectivity index (χ3v) is 2.64. The van der Waals surface area contributed by atoms with Crippen LogP contribution >= 0.6 is 34.8 Å². The zero-order valence-electron chi connectivity index (χ0n) is 8.17. The summed E-state index contributed by atoms with van der Waals surface area (Å²) in [4.78, 5) is 0. The Morgan fingerprint density at radius 3 is 2.53 bits per heavy atom. The van der Waals surface area contributed by atoms with Gasteiger partial charge in [0, 0.05) is 11.8 Å². The maximum Gasteiger partial charge on any atom is 0.190 e. The molecule has 0 spiro atoms. The molecule has 0 fully saturated rings. The molecular weight excluding hydrogens is 258 g/mol. The van der Waals surface area contributed by atoms with Crippen molar-refractivity contribution in [3.63, 3.8) is 0 Å². The molecule has 0 N–H and O–H groups in total. The van der Waals surface area contributed by atoms with Gasteiger partial charge in [0.15, 0.2) is 5.06 Å². The number of hydrogen-bond donors (Lipinski definition) is 0. The van der Waals surface area contributed by atoms with Crippen molar-refractivity contribution in [2.45, 2.75) is 11.2 Å². The van der Waals surface area contributed by atoms with E-state index in [1.54, 1.807) is 6.08 Å². The summed E-state index contributed by atoms with van der Waals surface area (Å²) in [7, 11) is 0. The molecule has 0 bridgehead atoms. The van der Waals surface area contributed by atoms with Gasteiger partial charge >= 0.3 is 0 Å². The van der Waals surface area contributed by atoms with E-state index in [0.717, 1.165) is 0 Å². The Morgan fingerprint density at radius 2 is 1.87 bits per heavy atom. The standard InChI is InChI=1S/C10H13Cl3O2/c11-5-7-14-9-3-1-2-4-10(9,13)15-8-6-12/h1-4,9H,5-8H2. The third-order valence-electron chi connectivity index (χ3n) is 1.88. The lowest BCUT2D eigenvalue weighted by atomic mass is 10.1. The second-order valence-corrected chi connectivity index (χ2v) is 4.31. The van der Waals surface area contributed by atoms with E-state index in [9.17, 15) is 0 Å². The van der Waals surface area contributed by atoms with E-state index in [4.69, 9.17) is 44.3 Å². The average Bonchev–Trinajstić information content (AvgIpc) is 2.25. The molecular formula is C10H13Cl3O2. The summed E-state index contributed by atoms with van der Waals surface area (Å²) in [6, 6.07) is 0. The van der Waals surface area contributed by atoms with Crippen LogP contribution < -0.4 is 0 Å². The van der Waals surface area contributed by atoms with Gasteiger partial charge in [0.1, 0.15) is 6.10 Å². The van der Waals surface area contributed by atoms with Gasteiger partial charge in [-0.1, -0.05) is 29.8 Å². The van der Waals surface area contributed by atoms with Crippen LogP contribution in [-0.2, 0) is 9.47 Å². The van der Waals surface area contributed by atoms with Gasteiger partial charge in [-0.2, -0.15) is 0 Å². The van der Waals surface area contributed by atoms with Crippen molar-refractivity contribution in [2.75, 3.05) is 25.0 Å². The molecule has 1 rings (SSSR count). The third kappa shape index (κ3) is 3.97. The van der Waals surface area contributed by atoms with E-state index in [1.165, 1.54) is 0 Å². The number of ether oxygens (including phenoxy) is 2. The molecule has 1 aliphatic carbocycles. The number of hydrogen-bond acceptors (Lipinski definition) is 2. The van der Waals surface area contributed by atoms with Gasteiger partial charge < -0.3 is 9.47 Å². The number of allylic oxidation sites excluding steroid dienone is 2. The molecule has 0 radical (unpaired) electrons. The first kappa shape index (κ1) is 13.3. The summed E-state index contributed by atoms with van der Waals surface area (Å²) in [5.74, 6) is 0.824. The van der Waals surface area contributed by atoms with Crippen LogP contribution in [0.25, 0.3) is 0 Å². The molecule has 15 heavy (non-hydrogen) atoms. The molecule has 0 saturated heterocycles. The molecule has 0 heterocycles. The highest BCUT2D eigenvalue weighted by Crippen LogP contribution is 2.29. The van der Waals surface area contributed by atoms with E-state index in [-0.39, 0.29) is 6.10 Å². The molecule has 0 saturated carbocycles. The first-order chi connectivity index (χ1) is 7.23. The van der Waals surface area contributed by atoms with Gasteiger partial charge in [0.2, 0.25) is 0 Å². The SMILES string of the molecule is ClCCOC1C=CC=CC1(Cl)OCCCl. The average molecular weight is 272 g/mol. The van der Waals surface area contributed by atoms with Crippen LogP contribution in [0, 0.1) is 0 Å². The van der Waals surface area contributed by atoms with Crippen LogP contribution in [0.2, 0.25) is 0 Å². The van der Waals surface area contributed by atoms with E-state index >= 15 is 0 Å². The fourth-order valence-corrected chi connectivity index (χ4v) is 1.70. The van der Waals surface area contributed by atoms with Crippen molar-refractivity contribution in [1.29, 1.82) is 0 Å².